The van der Waals surface area contributed by atoms with Gasteiger partial charge in [-0.1, -0.05) is 41.1 Å². The zero-order valence-corrected chi connectivity index (χ0v) is 10.3. The molecule has 0 fully saturated rings. The molecule has 1 amide bonds. The van der Waals surface area contributed by atoms with Crippen LogP contribution in [0.2, 0.25) is 0 Å². The maximum atomic E-state index is 12.0. The Morgan fingerprint density at radius 2 is 2.27 bits per heavy atom. The summed E-state index contributed by atoms with van der Waals surface area (Å²) in [7, 11) is 0. The molecule has 3 heteroatoms. The molecule has 0 N–H and O–H groups in total. The molecule has 0 bridgehead atoms. The third-order valence-electron chi connectivity index (χ3n) is 2.78. The van der Waals surface area contributed by atoms with Crippen LogP contribution >= 0.6 is 15.9 Å². The first-order valence-corrected chi connectivity index (χ1v) is 6.19. The number of alkyl halides is 1. The van der Waals surface area contributed by atoms with E-state index in [-0.39, 0.29) is 10.7 Å². The number of amides is 1. The molecule has 0 saturated heterocycles. The van der Waals surface area contributed by atoms with Gasteiger partial charge in [-0.15, -0.1) is 0 Å². The molecule has 1 heterocycles. The predicted molar refractivity (Wildman–Crippen MR) is 65.5 cm³/mol. The van der Waals surface area contributed by atoms with Gasteiger partial charge in [-0.3, -0.25) is 4.79 Å². The summed E-state index contributed by atoms with van der Waals surface area (Å²) in [6.07, 6.45) is 1.81. The van der Waals surface area contributed by atoms with E-state index in [9.17, 15) is 4.79 Å². The summed E-state index contributed by atoms with van der Waals surface area (Å²) < 4.78 is 0. The minimum absolute atomic E-state index is 0.0522. The summed E-state index contributed by atoms with van der Waals surface area (Å²) in [6, 6.07) is 8.13. The molecule has 0 spiro atoms. The number of para-hydroxylation sites is 1. The van der Waals surface area contributed by atoms with Gasteiger partial charge in [0.1, 0.15) is 0 Å². The van der Waals surface area contributed by atoms with Crippen LogP contribution in [0.4, 0.5) is 5.69 Å². The van der Waals surface area contributed by atoms with Crippen molar-refractivity contribution in [2.45, 2.75) is 24.6 Å². The van der Waals surface area contributed by atoms with Crippen LogP contribution < -0.4 is 4.90 Å². The Balaban J connectivity index is 2.24. The van der Waals surface area contributed by atoms with E-state index in [0.717, 1.165) is 25.1 Å². The van der Waals surface area contributed by atoms with Crippen LogP contribution in [0.3, 0.4) is 0 Å². The van der Waals surface area contributed by atoms with Crippen molar-refractivity contribution in [1.82, 2.24) is 0 Å². The molecule has 80 valence electrons. The van der Waals surface area contributed by atoms with Crippen molar-refractivity contribution in [2.24, 2.45) is 0 Å². The van der Waals surface area contributed by atoms with E-state index in [2.05, 4.69) is 22.0 Å². The lowest BCUT2D eigenvalue weighted by atomic mass is 10.2. The van der Waals surface area contributed by atoms with Gasteiger partial charge in [-0.25, -0.2) is 0 Å². The van der Waals surface area contributed by atoms with E-state index in [0.29, 0.717) is 0 Å². The second kappa shape index (κ2) is 4.35. The molecule has 1 aliphatic rings. The third-order valence-corrected chi connectivity index (χ3v) is 3.82. The first-order chi connectivity index (χ1) is 7.24. The number of rotatable bonds is 2. The van der Waals surface area contributed by atoms with Crippen LogP contribution in [-0.4, -0.2) is 17.3 Å². The second-order valence-electron chi connectivity index (χ2n) is 3.74. The van der Waals surface area contributed by atoms with E-state index in [1.165, 1.54) is 5.56 Å². The fraction of sp³-hybridized carbons (Fsp3) is 0.417. The molecular weight excluding hydrogens is 254 g/mol. The van der Waals surface area contributed by atoms with Gasteiger partial charge >= 0.3 is 0 Å². The molecule has 0 unspecified atom stereocenters. The van der Waals surface area contributed by atoms with Crippen molar-refractivity contribution in [2.75, 3.05) is 11.4 Å². The fourth-order valence-electron chi connectivity index (χ4n) is 1.91. The molecular formula is C12H14BrNO. The van der Waals surface area contributed by atoms with Gasteiger partial charge in [-0.2, -0.15) is 0 Å². The second-order valence-corrected chi connectivity index (χ2v) is 4.85. The zero-order valence-electron chi connectivity index (χ0n) is 8.74. The first kappa shape index (κ1) is 10.7. The number of anilines is 1. The van der Waals surface area contributed by atoms with Gasteiger partial charge in [0.05, 0.1) is 4.83 Å². The molecule has 0 aromatic heterocycles. The topological polar surface area (TPSA) is 20.3 Å². The number of carbonyl (C=O) groups is 1. The van der Waals surface area contributed by atoms with E-state index in [4.69, 9.17) is 0 Å². The molecule has 15 heavy (non-hydrogen) atoms. The highest BCUT2D eigenvalue weighted by Gasteiger charge is 2.27. The average Bonchev–Trinajstić information content (AvgIpc) is 2.70. The minimum atomic E-state index is -0.0522. The molecule has 1 aromatic rings. The molecule has 1 aliphatic heterocycles. The molecule has 2 rings (SSSR count). The van der Waals surface area contributed by atoms with Crippen LogP contribution in [0.1, 0.15) is 18.9 Å². The zero-order chi connectivity index (χ0) is 10.8. The lowest BCUT2D eigenvalue weighted by Gasteiger charge is -2.19. The summed E-state index contributed by atoms with van der Waals surface area (Å²) in [4.78, 5) is 13.9. The quantitative estimate of drug-likeness (QED) is 0.755. The summed E-state index contributed by atoms with van der Waals surface area (Å²) >= 11 is 3.41. The highest BCUT2D eigenvalue weighted by Crippen LogP contribution is 2.29. The maximum absolute atomic E-state index is 12.0. The molecule has 2 nitrogen and oxygen atoms in total. The van der Waals surface area contributed by atoms with Crippen molar-refractivity contribution in [3.05, 3.63) is 29.8 Å². The predicted octanol–water partition coefficient (Wildman–Crippen LogP) is 2.75. The minimum Gasteiger partial charge on any atom is -0.311 e. The Kier molecular flexibility index (Phi) is 3.10. The lowest BCUT2D eigenvalue weighted by molar-refractivity contribution is -0.117. The standard InChI is InChI=1S/C12H14BrNO/c1-2-10(13)12(15)14-8-7-9-5-3-4-6-11(9)14/h3-6,10H,2,7-8H2,1H3/t10-/m0/s1. The van der Waals surface area contributed by atoms with Crippen molar-refractivity contribution in [1.29, 1.82) is 0 Å². The molecule has 0 saturated carbocycles. The van der Waals surface area contributed by atoms with Crippen molar-refractivity contribution in [3.63, 3.8) is 0 Å². The molecule has 1 aromatic carbocycles. The van der Waals surface area contributed by atoms with E-state index >= 15 is 0 Å². The smallest absolute Gasteiger partial charge is 0.240 e. The fourth-order valence-corrected chi connectivity index (χ4v) is 2.16. The maximum Gasteiger partial charge on any atom is 0.240 e. The number of halogens is 1. The average molecular weight is 268 g/mol. The molecule has 0 aliphatic carbocycles. The van der Waals surface area contributed by atoms with Gasteiger partial charge in [0.25, 0.3) is 0 Å². The number of nitrogens with zero attached hydrogens (tertiary/aromatic N) is 1. The van der Waals surface area contributed by atoms with E-state index in [1.54, 1.807) is 0 Å². The SMILES string of the molecule is CC[C@H](Br)C(=O)N1CCc2ccccc21. The number of fused-ring (bicyclic) bond motifs is 1. The third kappa shape index (κ3) is 1.93. The van der Waals surface area contributed by atoms with Crippen LogP contribution in [0.25, 0.3) is 0 Å². The molecule has 0 radical (unpaired) electrons. The Morgan fingerprint density at radius 3 is 3.00 bits per heavy atom. The summed E-state index contributed by atoms with van der Waals surface area (Å²) in [5.41, 5.74) is 2.36. The summed E-state index contributed by atoms with van der Waals surface area (Å²) in [5.74, 6) is 0.183. The number of benzene rings is 1. The van der Waals surface area contributed by atoms with Gasteiger partial charge in [0.15, 0.2) is 0 Å². The Labute approximate surface area is 98.4 Å². The largest absolute Gasteiger partial charge is 0.311 e. The van der Waals surface area contributed by atoms with Crippen LogP contribution in [0.15, 0.2) is 24.3 Å². The van der Waals surface area contributed by atoms with Crippen LogP contribution in [0.5, 0.6) is 0 Å². The van der Waals surface area contributed by atoms with Crippen molar-refractivity contribution >= 4 is 27.5 Å². The Morgan fingerprint density at radius 1 is 1.53 bits per heavy atom. The number of carbonyl (C=O) groups excluding carboxylic acids is 1. The van der Waals surface area contributed by atoms with Crippen LogP contribution in [0, 0.1) is 0 Å². The van der Waals surface area contributed by atoms with E-state index in [1.807, 2.05) is 30.0 Å². The van der Waals surface area contributed by atoms with Crippen molar-refractivity contribution in [3.8, 4) is 0 Å². The summed E-state index contributed by atoms with van der Waals surface area (Å²) in [6.45, 7) is 2.83. The van der Waals surface area contributed by atoms with Crippen LogP contribution in [-0.2, 0) is 11.2 Å². The molecule has 1 atom stereocenters. The summed E-state index contributed by atoms with van der Waals surface area (Å²) in [5, 5.41) is 0. The number of hydrogen-bond donors (Lipinski definition) is 0. The number of hydrogen-bond acceptors (Lipinski definition) is 1. The Hall–Kier alpha value is -0.830. The lowest BCUT2D eigenvalue weighted by Crippen LogP contribution is -2.34. The highest BCUT2D eigenvalue weighted by molar-refractivity contribution is 9.10. The highest BCUT2D eigenvalue weighted by atomic mass is 79.9. The van der Waals surface area contributed by atoms with Gasteiger partial charge in [0.2, 0.25) is 5.91 Å². The van der Waals surface area contributed by atoms with Crippen molar-refractivity contribution < 1.29 is 4.79 Å². The van der Waals surface area contributed by atoms with E-state index < -0.39 is 0 Å². The van der Waals surface area contributed by atoms with Gasteiger partial charge < -0.3 is 4.90 Å². The van der Waals surface area contributed by atoms with Gasteiger partial charge in [-0.05, 0) is 24.5 Å². The first-order valence-electron chi connectivity index (χ1n) is 5.27. The normalized spacial score (nSPS) is 16.3. The van der Waals surface area contributed by atoms with Gasteiger partial charge in [0, 0.05) is 12.2 Å². The Bertz CT molecular complexity index is 378. The monoisotopic (exact) mass is 267 g/mol.